The predicted octanol–water partition coefficient (Wildman–Crippen LogP) is 1.15. The van der Waals surface area contributed by atoms with Gasteiger partial charge in [-0.15, -0.1) is 0 Å². The number of carbonyl (C=O) groups is 2. The van der Waals surface area contributed by atoms with E-state index in [1.54, 1.807) is 11.2 Å². The van der Waals surface area contributed by atoms with E-state index in [2.05, 4.69) is 5.32 Å². The summed E-state index contributed by atoms with van der Waals surface area (Å²) in [6.45, 7) is 10.2. The molecule has 0 aromatic heterocycles. The average molecular weight is 316 g/mol. The second-order valence-electron chi connectivity index (χ2n) is 7.16. The van der Waals surface area contributed by atoms with Gasteiger partial charge in [0.05, 0.1) is 0 Å². The summed E-state index contributed by atoms with van der Waals surface area (Å²) in [6.07, 6.45) is 2.31. The topological polar surface area (TPSA) is 66.5 Å². The summed E-state index contributed by atoms with van der Waals surface area (Å²) >= 11 is 0. The van der Waals surface area contributed by atoms with E-state index in [0.29, 0.717) is 18.7 Å². The molecule has 0 aromatic carbocycles. The van der Waals surface area contributed by atoms with Crippen molar-refractivity contribution in [2.75, 3.05) is 18.6 Å². The maximum atomic E-state index is 12.7. The van der Waals surface area contributed by atoms with Crippen molar-refractivity contribution in [3.8, 4) is 0 Å². The molecule has 2 amide bonds. The molecule has 1 saturated heterocycles. The molecule has 5 nitrogen and oxygen atoms in total. The fourth-order valence-corrected chi connectivity index (χ4v) is 3.21. The zero-order valence-electron chi connectivity index (χ0n) is 13.9. The summed E-state index contributed by atoms with van der Waals surface area (Å²) in [4.78, 5) is 26.8. The minimum absolute atomic E-state index is 0.0253. The largest absolute Gasteiger partial charge is 0.342 e. The average Bonchev–Trinajstić information content (AvgIpc) is 2.30. The van der Waals surface area contributed by atoms with E-state index < -0.39 is 22.9 Å². The molecule has 1 rings (SSSR count). The summed E-state index contributed by atoms with van der Waals surface area (Å²) in [5.41, 5.74) is -0.319. The summed E-state index contributed by atoms with van der Waals surface area (Å²) in [5.74, 6) is 0.503. The van der Waals surface area contributed by atoms with Crippen molar-refractivity contribution in [3.05, 3.63) is 0 Å². The van der Waals surface area contributed by atoms with Crippen molar-refractivity contribution in [1.82, 2.24) is 10.2 Å². The fraction of sp³-hybridized carbons (Fsp3) is 0.867. The lowest BCUT2D eigenvalue weighted by Crippen LogP contribution is -2.67. The molecule has 1 aliphatic rings. The predicted molar refractivity (Wildman–Crippen MR) is 85.3 cm³/mol. The number of amides is 2. The smallest absolute Gasteiger partial charge is 0.246 e. The Hall–Kier alpha value is -0.910. The van der Waals surface area contributed by atoms with Crippen molar-refractivity contribution in [2.24, 2.45) is 11.3 Å². The minimum atomic E-state index is -0.876. The van der Waals surface area contributed by atoms with Gasteiger partial charge in [0.15, 0.2) is 0 Å². The van der Waals surface area contributed by atoms with Crippen LogP contribution in [0.2, 0.25) is 0 Å². The van der Waals surface area contributed by atoms with Crippen LogP contribution < -0.4 is 5.32 Å². The molecular formula is C15H28N2O3S. The second-order valence-corrected chi connectivity index (χ2v) is 8.71. The number of piperazine rings is 1. The molecule has 0 aromatic rings. The van der Waals surface area contributed by atoms with Crippen LogP contribution >= 0.6 is 0 Å². The first-order chi connectivity index (χ1) is 9.55. The molecule has 1 heterocycles. The van der Waals surface area contributed by atoms with Gasteiger partial charge in [-0.25, -0.2) is 0 Å². The highest BCUT2D eigenvalue weighted by Crippen LogP contribution is 2.27. The first kappa shape index (κ1) is 18.1. The first-order valence-electron chi connectivity index (χ1n) is 7.46. The van der Waals surface area contributed by atoms with E-state index in [1.165, 1.54) is 0 Å². The van der Waals surface area contributed by atoms with Gasteiger partial charge in [-0.1, -0.05) is 34.6 Å². The molecule has 122 valence electrons. The van der Waals surface area contributed by atoms with Gasteiger partial charge in [-0.05, 0) is 17.8 Å². The zero-order valence-corrected chi connectivity index (χ0v) is 14.8. The second kappa shape index (κ2) is 6.90. The van der Waals surface area contributed by atoms with Crippen LogP contribution in [-0.4, -0.2) is 51.6 Å². The quantitative estimate of drug-likeness (QED) is 0.827. The van der Waals surface area contributed by atoms with Crippen molar-refractivity contribution in [2.45, 2.75) is 53.1 Å². The molecule has 6 heteroatoms. The summed E-state index contributed by atoms with van der Waals surface area (Å²) < 4.78 is 11.2. The third-order valence-electron chi connectivity index (χ3n) is 3.75. The van der Waals surface area contributed by atoms with Gasteiger partial charge in [0.2, 0.25) is 11.8 Å². The molecule has 0 bridgehead atoms. The molecule has 1 aliphatic heterocycles. The Kier molecular flexibility index (Phi) is 5.96. The van der Waals surface area contributed by atoms with Crippen molar-refractivity contribution in [1.29, 1.82) is 0 Å². The molecule has 0 saturated carbocycles. The molecule has 3 unspecified atom stereocenters. The highest BCUT2D eigenvalue weighted by molar-refractivity contribution is 7.84. The van der Waals surface area contributed by atoms with Crippen LogP contribution in [0.1, 0.15) is 41.0 Å². The number of hydrogen-bond acceptors (Lipinski definition) is 3. The molecule has 3 atom stereocenters. The van der Waals surface area contributed by atoms with E-state index in [-0.39, 0.29) is 23.1 Å². The molecule has 21 heavy (non-hydrogen) atoms. The zero-order chi connectivity index (χ0) is 16.4. The Balaban J connectivity index is 2.95. The van der Waals surface area contributed by atoms with Crippen LogP contribution in [0.4, 0.5) is 0 Å². The Bertz CT molecular complexity index is 429. The minimum Gasteiger partial charge on any atom is -0.342 e. The molecule has 1 N–H and O–H groups in total. The van der Waals surface area contributed by atoms with Crippen LogP contribution in [-0.2, 0) is 20.4 Å². The van der Waals surface area contributed by atoms with Crippen LogP contribution in [0.5, 0.6) is 0 Å². The van der Waals surface area contributed by atoms with Gasteiger partial charge in [0.1, 0.15) is 12.1 Å². The van der Waals surface area contributed by atoms with Crippen LogP contribution in [0.3, 0.4) is 0 Å². The number of carbonyl (C=O) groups excluding carboxylic acids is 2. The highest BCUT2D eigenvalue weighted by atomic mass is 32.2. The molecule has 0 radical (unpaired) electrons. The number of nitrogens with one attached hydrogen (secondary N) is 1. The SMILES string of the molecule is CC(C)C1C(=O)NC(C(C)(C)C)C(=O)N1CCCS(C)=O. The van der Waals surface area contributed by atoms with E-state index in [4.69, 9.17) is 0 Å². The van der Waals surface area contributed by atoms with E-state index in [0.717, 1.165) is 0 Å². The molecule has 1 fully saturated rings. The number of nitrogens with zero attached hydrogens (tertiary/aromatic N) is 1. The van der Waals surface area contributed by atoms with Gasteiger partial charge >= 0.3 is 0 Å². The van der Waals surface area contributed by atoms with Gasteiger partial charge < -0.3 is 10.2 Å². The first-order valence-corrected chi connectivity index (χ1v) is 9.19. The van der Waals surface area contributed by atoms with Gasteiger partial charge in [0.25, 0.3) is 0 Å². The lowest BCUT2D eigenvalue weighted by Gasteiger charge is -2.44. The maximum absolute atomic E-state index is 12.7. The maximum Gasteiger partial charge on any atom is 0.246 e. The van der Waals surface area contributed by atoms with Crippen molar-refractivity contribution < 1.29 is 13.8 Å². The third kappa shape index (κ3) is 4.53. The standard InChI is InChI=1S/C15H28N2O3S/c1-10(2)11-13(18)16-12(15(3,4)5)14(19)17(11)8-7-9-21(6)20/h10-12H,7-9H2,1-6H3,(H,16,18). The van der Waals surface area contributed by atoms with E-state index in [1.807, 2.05) is 34.6 Å². The third-order valence-corrected chi connectivity index (χ3v) is 4.61. The number of hydrogen-bond donors (Lipinski definition) is 1. The van der Waals surface area contributed by atoms with Gasteiger partial charge in [-0.2, -0.15) is 0 Å². The van der Waals surface area contributed by atoms with Crippen molar-refractivity contribution in [3.63, 3.8) is 0 Å². The van der Waals surface area contributed by atoms with Crippen LogP contribution in [0.15, 0.2) is 0 Å². The van der Waals surface area contributed by atoms with Crippen molar-refractivity contribution >= 4 is 22.6 Å². The monoisotopic (exact) mass is 316 g/mol. The number of rotatable bonds is 5. The molecule has 0 aliphatic carbocycles. The van der Waals surface area contributed by atoms with Crippen LogP contribution in [0.25, 0.3) is 0 Å². The summed E-state index contributed by atoms with van der Waals surface area (Å²) in [6, 6.07) is -0.923. The van der Waals surface area contributed by atoms with E-state index in [9.17, 15) is 13.8 Å². The van der Waals surface area contributed by atoms with Crippen LogP contribution in [0, 0.1) is 11.3 Å². The normalized spacial score (nSPS) is 25.2. The fourth-order valence-electron chi connectivity index (χ4n) is 2.67. The molecule has 0 spiro atoms. The van der Waals surface area contributed by atoms with Gasteiger partial charge in [0, 0.05) is 29.4 Å². The lowest BCUT2D eigenvalue weighted by molar-refractivity contribution is -0.154. The summed E-state index contributed by atoms with van der Waals surface area (Å²) in [7, 11) is -0.876. The Labute approximate surface area is 130 Å². The summed E-state index contributed by atoms with van der Waals surface area (Å²) in [5, 5.41) is 2.88. The molecular weight excluding hydrogens is 288 g/mol. The Morgan fingerprint density at radius 1 is 1.29 bits per heavy atom. The van der Waals surface area contributed by atoms with E-state index >= 15 is 0 Å². The Morgan fingerprint density at radius 3 is 2.29 bits per heavy atom. The Morgan fingerprint density at radius 2 is 1.86 bits per heavy atom. The highest BCUT2D eigenvalue weighted by Gasteiger charge is 2.45. The van der Waals surface area contributed by atoms with Gasteiger partial charge in [-0.3, -0.25) is 13.8 Å². The lowest BCUT2D eigenvalue weighted by atomic mass is 9.82.